The molecule has 0 saturated carbocycles. The lowest BCUT2D eigenvalue weighted by atomic mass is 10.0. The average Bonchev–Trinajstić information content (AvgIpc) is 3.29. The maximum atomic E-state index is 15.4. The van der Waals surface area contributed by atoms with E-state index in [1.807, 2.05) is 0 Å². The number of amides is 2. The Hall–Kier alpha value is -4.60. The summed E-state index contributed by atoms with van der Waals surface area (Å²) in [6, 6.07) is 11.0. The van der Waals surface area contributed by atoms with Gasteiger partial charge in [0.15, 0.2) is 0 Å². The number of rotatable bonds is 5. The average molecular weight is 486 g/mol. The third kappa shape index (κ3) is 4.28. The number of likely N-dealkylation sites (tertiary alicyclic amines) is 1. The first-order valence-electron chi connectivity index (χ1n) is 11.5. The molecule has 0 bridgehead atoms. The first kappa shape index (κ1) is 23.2. The van der Waals surface area contributed by atoms with E-state index >= 15 is 4.39 Å². The second-order valence-electron chi connectivity index (χ2n) is 8.53. The van der Waals surface area contributed by atoms with E-state index in [4.69, 9.17) is 10.8 Å². The van der Waals surface area contributed by atoms with Gasteiger partial charge in [-0.25, -0.2) is 14.4 Å². The number of nitrogens with zero attached hydrogens (tertiary/aromatic N) is 5. The Labute approximate surface area is 206 Å². The number of carbonyl (C=O) groups excluding carboxylic acids is 2. The Morgan fingerprint density at radius 1 is 1.17 bits per heavy atom. The highest BCUT2D eigenvalue weighted by molar-refractivity contribution is 6.05. The van der Waals surface area contributed by atoms with Crippen LogP contribution in [-0.4, -0.2) is 49.6 Å². The number of anilines is 2. The van der Waals surface area contributed by atoms with Crippen molar-refractivity contribution in [1.82, 2.24) is 24.6 Å². The normalized spacial score (nSPS) is 15.6. The third-order valence-electron chi connectivity index (χ3n) is 6.27. The van der Waals surface area contributed by atoms with Crippen molar-refractivity contribution in [3.63, 3.8) is 0 Å². The lowest BCUT2D eigenvalue weighted by molar-refractivity contribution is -0.127. The molecule has 1 atom stereocenters. The molecular formula is C26H24FN7O2. The van der Waals surface area contributed by atoms with Crippen molar-refractivity contribution in [2.75, 3.05) is 24.1 Å². The molecule has 3 aromatic heterocycles. The van der Waals surface area contributed by atoms with Crippen molar-refractivity contribution in [1.29, 1.82) is 0 Å². The number of piperidine rings is 1. The van der Waals surface area contributed by atoms with Crippen LogP contribution in [-0.2, 0) is 4.79 Å². The molecule has 1 aromatic carbocycles. The zero-order chi connectivity index (χ0) is 25.2. The van der Waals surface area contributed by atoms with Gasteiger partial charge in [-0.15, -0.1) is 0 Å². The number of nitrogens with one attached hydrogen (secondary N) is 1. The summed E-state index contributed by atoms with van der Waals surface area (Å²) in [6.07, 6.45) is 6.04. The van der Waals surface area contributed by atoms with Gasteiger partial charge in [0.1, 0.15) is 23.1 Å². The van der Waals surface area contributed by atoms with Gasteiger partial charge in [-0.2, -0.15) is 5.10 Å². The van der Waals surface area contributed by atoms with Crippen molar-refractivity contribution >= 4 is 34.4 Å². The Morgan fingerprint density at radius 2 is 2.03 bits per heavy atom. The summed E-state index contributed by atoms with van der Waals surface area (Å²) in [6.45, 7) is 4.68. The summed E-state index contributed by atoms with van der Waals surface area (Å²) < 4.78 is 17.2. The standard InChI is InChI=1S/C26H24FN7O2/c1-2-22(35)33-13-5-6-17(15-33)34-20-10-12-30-25(28)23(20)24(32-34)18-9-8-16(14-19(18)27)26(36)31-21-7-3-4-11-29-21/h2-4,7-12,14,17H,1,5-6,13,15H2,(H2,28,30)(H,29,31,36)/t17-/m1/s1. The van der Waals surface area contributed by atoms with E-state index in [1.165, 1.54) is 18.2 Å². The van der Waals surface area contributed by atoms with Gasteiger partial charge in [0.2, 0.25) is 5.91 Å². The van der Waals surface area contributed by atoms with Gasteiger partial charge in [-0.3, -0.25) is 14.3 Å². The number of aromatic nitrogens is 4. The van der Waals surface area contributed by atoms with Gasteiger partial charge in [-0.1, -0.05) is 12.6 Å². The van der Waals surface area contributed by atoms with Crippen LogP contribution in [0.3, 0.4) is 0 Å². The number of hydrogen-bond acceptors (Lipinski definition) is 6. The molecule has 2 amide bonds. The molecule has 0 radical (unpaired) electrons. The first-order valence-corrected chi connectivity index (χ1v) is 11.5. The highest BCUT2D eigenvalue weighted by atomic mass is 19.1. The molecule has 0 spiro atoms. The highest BCUT2D eigenvalue weighted by Gasteiger charge is 2.28. The van der Waals surface area contributed by atoms with E-state index in [0.717, 1.165) is 18.9 Å². The minimum atomic E-state index is -0.620. The van der Waals surface area contributed by atoms with E-state index in [-0.39, 0.29) is 28.9 Å². The van der Waals surface area contributed by atoms with Crippen molar-refractivity contribution < 1.29 is 14.0 Å². The Balaban J connectivity index is 1.52. The van der Waals surface area contributed by atoms with E-state index in [0.29, 0.717) is 35.5 Å². The van der Waals surface area contributed by atoms with Crippen LogP contribution in [0.4, 0.5) is 16.0 Å². The summed E-state index contributed by atoms with van der Waals surface area (Å²) in [5.41, 5.74) is 7.58. The SMILES string of the molecule is C=CC(=O)N1CCC[C@@H](n2nc(-c3ccc(C(=O)Nc4ccccn4)cc3F)c3c(N)nccc32)C1. The van der Waals surface area contributed by atoms with Gasteiger partial charge in [0, 0.05) is 36.6 Å². The van der Waals surface area contributed by atoms with Crippen molar-refractivity contribution in [3.05, 3.63) is 78.9 Å². The van der Waals surface area contributed by atoms with Crippen LogP contribution in [0, 0.1) is 5.82 Å². The van der Waals surface area contributed by atoms with Gasteiger partial charge in [0.05, 0.1) is 16.9 Å². The number of hydrogen-bond donors (Lipinski definition) is 2. The molecule has 4 heterocycles. The van der Waals surface area contributed by atoms with E-state index in [1.54, 1.807) is 46.2 Å². The fourth-order valence-corrected chi connectivity index (χ4v) is 4.54. The maximum Gasteiger partial charge on any atom is 0.256 e. The summed E-state index contributed by atoms with van der Waals surface area (Å²) in [5.74, 6) is -0.648. The molecule has 1 aliphatic rings. The zero-order valence-electron chi connectivity index (χ0n) is 19.4. The van der Waals surface area contributed by atoms with Crippen LogP contribution >= 0.6 is 0 Å². The Kier molecular flexibility index (Phi) is 6.16. The van der Waals surface area contributed by atoms with E-state index < -0.39 is 11.7 Å². The van der Waals surface area contributed by atoms with Crippen LogP contribution in [0.25, 0.3) is 22.2 Å². The number of carbonyl (C=O) groups is 2. The summed E-state index contributed by atoms with van der Waals surface area (Å²) in [7, 11) is 0. The Bertz CT molecular complexity index is 1470. The molecule has 9 nitrogen and oxygen atoms in total. The lowest BCUT2D eigenvalue weighted by Gasteiger charge is -2.32. The number of fused-ring (bicyclic) bond motifs is 1. The smallest absolute Gasteiger partial charge is 0.256 e. The fraction of sp³-hybridized carbons (Fsp3) is 0.192. The highest BCUT2D eigenvalue weighted by Crippen LogP contribution is 2.36. The molecule has 36 heavy (non-hydrogen) atoms. The second-order valence-corrected chi connectivity index (χ2v) is 8.53. The Morgan fingerprint density at radius 3 is 2.78 bits per heavy atom. The number of pyridine rings is 2. The largest absolute Gasteiger partial charge is 0.383 e. The lowest BCUT2D eigenvalue weighted by Crippen LogP contribution is -2.40. The number of benzene rings is 1. The predicted octanol–water partition coefficient (Wildman–Crippen LogP) is 3.82. The molecule has 10 heteroatoms. The molecule has 1 fully saturated rings. The fourth-order valence-electron chi connectivity index (χ4n) is 4.54. The van der Waals surface area contributed by atoms with Gasteiger partial charge < -0.3 is 16.0 Å². The second kappa shape index (κ2) is 9.57. The minimum absolute atomic E-state index is 0.118. The summed E-state index contributed by atoms with van der Waals surface area (Å²) >= 11 is 0. The maximum absolute atomic E-state index is 15.4. The first-order chi connectivity index (χ1) is 17.5. The molecule has 1 saturated heterocycles. The molecule has 4 aromatic rings. The van der Waals surface area contributed by atoms with Crippen molar-refractivity contribution in [3.8, 4) is 11.3 Å². The van der Waals surface area contributed by atoms with Crippen molar-refractivity contribution in [2.45, 2.75) is 18.9 Å². The molecule has 0 aliphatic carbocycles. The molecule has 0 unspecified atom stereocenters. The predicted molar refractivity (Wildman–Crippen MR) is 135 cm³/mol. The van der Waals surface area contributed by atoms with Crippen LogP contribution < -0.4 is 11.1 Å². The van der Waals surface area contributed by atoms with Crippen molar-refractivity contribution in [2.24, 2.45) is 0 Å². The zero-order valence-corrected chi connectivity index (χ0v) is 19.4. The van der Waals surface area contributed by atoms with E-state index in [2.05, 4.69) is 21.9 Å². The molecule has 3 N–H and O–H groups in total. The topological polar surface area (TPSA) is 119 Å². The van der Waals surface area contributed by atoms with Crippen LogP contribution in [0.15, 0.2) is 67.5 Å². The van der Waals surface area contributed by atoms with Gasteiger partial charge in [0.25, 0.3) is 5.91 Å². The molecule has 182 valence electrons. The van der Waals surface area contributed by atoms with Crippen LogP contribution in [0.2, 0.25) is 0 Å². The number of nitrogen functional groups attached to an aromatic ring is 1. The van der Waals surface area contributed by atoms with Crippen LogP contribution in [0.5, 0.6) is 0 Å². The van der Waals surface area contributed by atoms with Crippen LogP contribution in [0.1, 0.15) is 29.2 Å². The molecule has 5 rings (SSSR count). The summed E-state index contributed by atoms with van der Waals surface area (Å²) in [4.78, 5) is 34.8. The molecular weight excluding hydrogens is 461 g/mol. The number of nitrogens with two attached hydrogens (primary N) is 1. The van der Waals surface area contributed by atoms with Gasteiger partial charge >= 0.3 is 0 Å². The van der Waals surface area contributed by atoms with E-state index in [9.17, 15) is 9.59 Å². The number of halogens is 1. The molecule has 1 aliphatic heterocycles. The quantitative estimate of drug-likeness (QED) is 0.415. The van der Waals surface area contributed by atoms with Gasteiger partial charge in [-0.05, 0) is 55.3 Å². The minimum Gasteiger partial charge on any atom is -0.383 e. The summed E-state index contributed by atoms with van der Waals surface area (Å²) in [5, 5.41) is 7.91. The third-order valence-corrected chi connectivity index (χ3v) is 6.27. The monoisotopic (exact) mass is 485 g/mol.